The van der Waals surface area contributed by atoms with Gasteiger partial charge in [0.05, 0.1) is 11.7 Å². The normalized spacial score (nSPS) is 17.7. The molecule has 2 unspecified atom stereocenters. The van der Waals surface area contributed by atoms with Gasteiger partial charge in [0, 0.05) is 38.7 Å². The van der Waals surface area contributed by atoms with E-state index in [9.17, 15) is 0 Å². The minimum Gasteiger partial charge on any atom is -0.456 e. The van der Waals surface area contributed by atoms with E-state index in [0.29, 0.717) is 5.92 Å². The molecule has 2 aromatic heterocycles. The van der Waals surface area contributed by atoms with Crippen molar-refractivity contribution in [1.82, 2.24) is 0 Å². The number of hydrogen-bond donors (Lipinski definition) is 0. The van der Waals surface area contributed by atoms with E-state index in [1.807, 2.05) is 6.07 Å². The Morgan fingerprint density at radius 2 is 1.21 bits per heavy atom. The highest BCUT2D eigenvalue weighted by molar-refractivity contribution is 6.11. The highest BCUT2D eigenvalue weighted by Gasteiger charge is 2.33. The summed E-state index contributed by atoms with van der Waals surface area (Å²) in [5.41, 5.74) is 12.4. The van der Waals surface area contributed by atoms with Crippen molar-refractivity contribution in [2.45, 2.75) is 51.0 Å². The Labute approximate surface area is 327 Å². The quantitative estimate of drug-likeness (QED) is 0.171. The molecule has 1 fully saturated rings. The molecule has 56 heavy (non-hydrogen) atoms. The number of furan rings is 2. The zero-order valence-corrected chi connectivity index (χ0v) is 31.6. The molecule has 3 nitrogen and oxygen atoms in total. The molecular formula is C53H43NO2. The monoisotopic (exact) mass is 725 g/mol. The van der Waals surface area contributed by atoms with Crippen molar-refractivity contribution < 1.29 is 8.83 Å². The topological polar surface area (TPSA) is 29.5 Å². The molecule has 2 atom stereocenters. The molecule has 1 saturated carbocycles. The zero-order valence-electron chi connectivity index (χ0n) is 31.6. The van der Waals surface area contributed by atoms with Crippen LogP contribution in [0.3, 0.4) is 0 Å². The van der Waals surface area contributed by atoms with Crippen LogP contribution in [0.4, 0.5) is 11.4 Å². The average molecular weight is 726 g/mol. The third-order valence-corrected chi connectivity index (χ3v) is 12.7. The van der Waals surface area contributed by atoms with Gasteiger partial charge in [-0.25, -0.2) is 0 Å². The fourth-order valence-corrected chi connectivity index (χ4v) is 9.98. The van der Waals surface area contributed by atoms with Gasteiger partial charge < -0.3 is 13.7 Å². The molecule has 0 radical (unpaired) electrons. The number of hydrogen-bond acceptors (Lipinski definition) is 3. The van der Waals surface area contributed by atoms with Crippen molar-refractivity contribution in [3.8, 4) is 11.1 Å². The molecule has 2 heterocycles. The van der Waals surface area contributed by atoms with E-state index in [4.69, 9.17) is 8.83 Å². The Morgan fingerprint density at radius 1 is 0.554 bits per heavy atom. The molecule has 0 N–H and O–H groups in total. The second-order valence-electron chi connectivity index (χ2n) is 15.8. The molecule has 0 saturated heterocycles. The lowest BCUT2D eigenvalue weighted by molar-refractivity contribution is 0.445. The molecule has 0 aliphatic heterocycles. The summed E-state index contributed by atoms with van der Waals surface area (Å²) in [6, 6.07) is 53.0. The predicted octanol–water partition coefficient (Wildman–Crippen LogP) is 15.1. The molecular weight excluding hydrogens is 683 g/mol. The van der Waals surface area contributed by atoms with Crippen LogP contribution < -0.4 is 4.90 Å². The molecule has 3 heteroatoms. The van der Waals surface area contributed by atoms with E-state index < -0.39 is 0 Å². The summed E-state index contributed by atoms with van der Waals surface area (Å²) in [6.45, 7) is 2.38. The van der Waals surface area contributed by atoms with Gasteiger partial charge in [-0.3, -0.25) is 0 Å². The summed E-state index contributed by atoms with van der Waals surface area (Å²) in [7, 11) is 0. The summed E-state index contributed by atoms with van der Waals surface area (Å²) in [4.78, 5) is 2.57. The smallest absolute Gasteiger partial charge is 0.159 e. The van der Waals surface area contributed by atoms with Crippen LogP contribution in [0.25, 0.3) is 71.3 Å². The maximum atomic E-state index is 6.83. The van der Waals surface area contributed by atoms with Gasteiger partial charge in [-0.05, 0) is 88.2 Å². The fourth-order valence-electron chi connectivity index (χ4n) is 9.98. The lowest BCUT2D eigenvalue weighted by atomic mass is 9.80. The van der Waals surface area contributed by atoms with Crippen molar-refractivity contribution in [2.24, 2.45) is 5.92 Å². The van der Waals surface area contributed by atoms with Gasteiger partial charge in [-0.1, -0.05) is 154 Å². The lowest BCUT2D eigenvalue weighted by Gasteiger charge is -2.39. The molecule has 7 aromatic carbocycles. The molecule has 11 rings (SSSR count). The van der Waals surface area contributed by atoms with Crippen molar-refractivity contribution >= 4 is 71.6 Å². The Bertz CT molecular complexity index is 3000. The first kappa shape index (κ1) is 33.1. The van der Waals surface area contributed by atoms with E-state index in [2.05, 4.69) is 170 Å². The largest absolute Gasteiger partial charge is 0.456 e. The number of rotatable bonds is 6. The van der Waals surface area contributed by atoms with Crippen LogP contribution in [-0.2, 0) is 0 Å². The molecule has 0 spiro atoms. The van der Waals surface area contributed by atoms with Crippen LogP contribution in [-0.4, -0.2) is 6.04 Å². The SMILES string of the molecule is CC1C(c2ccc3oc4ccccc4c3c2)=CC=CC1N(c1ccccc1-c1cccc2cccc(C3CCCCC3)c12)c1cccc2c1oc1ccccc12. The summed E-state index contributed by atoms with van der Waals surface area (Å²) in [6.07, 6.45) is 13.4. The van der Waals surface area contributed by atoms with Crippen molar-refractivity contribution in [2.75, 3.05) is 4.90 Å². The van der Waals surface area contributed by atoms with Gasteiger partial charge >= 0.3 is 0 Å². The molecule has 2 aliphatic carbocycles. The summed E-state index contributed by atoms with van der Waals surface area (Å²) >= 11 is 0. The van der Waals surface area contributed by atoms with Crippen LogP contribution >= 0.6 is 0 Å². The minimum atomic E-state index is -0.0143. The Hall–Kier alpha value is -6.32. The number of fused-ring (bicyclic) bond motifs is 7. The van der Waals surface area contributed by atoms with Gasteiger partial charge in [0.2, 0.25) is 0 Å². The molecule has 0 bridgehead atoms. The first-order valence-electron chi connectivity index (χ1n) is 20.3. The highest BCUT2D eigenvalue weighted by Crippen LogP contribution is 2.48. The van der Waals surface area contributed by atoms with Crippen LogP contribution in [0.1, 0.15) is 56.1 Å². The lowest BCUT2D eigenvalue weighted by Crippen LogP contribution is -2.37. The second kappa shape index (κ2) is 13.5. The molecule has 272 valence electrons. The van der Waals surface area contributed by atoms with E-state index in [0.717, 1.165) is 49.6 Å². The maximum Gasteiger partial charge on any atom is 0.159 e. The third-order valence-electron chi connectivity index (χ3n) is 12.7. The van der Waals surface area contributed by atoms with Crippen molar-refractivity contribution in [1.29, 1.82) is 0 Å². The van der Waals surface area contributed by atoms with E-state index in [1.165, 1.54) is 76.4 Å². The van der Waals surface area contributed by atoms with Crippen molar-refractivity contribution in [3.05, 3.63) is 175 Å². The number of benzene rings is 7. The van der Waals surface area contributed by atoms with E-state index in [-0.39, 0.29) is 12.0 Å². The number of para-hydroxylation sites is 4. The summed E-state index contributed by atoms with van der Waals surface area (Å²) < 4.78 is 13.1. The predicted molar refractivity (Wildman–Crippen MR) is 235 cm³/mol. The summed E-state index contributed by atoms with van der Waals surface area (Å²) in [5, 5.41) is 7.27. The number of nitrogens with zero attached hydrogens (tertiary/aromatic N) is 1. The van der Waals surface area contributed by atoms with E-state index in [1.54, 1.807) is 0 Å². The maximum absolute atomic E-state index is 6.83. The minimum absolute atomic E-state index is 0.0143. The number of allylic oxidation sites excluding steroid dienone is 2. The van der Waals surface area contributed by atoms with Crippen LogP contribution in [0, 0.1) is 5.92 Å². The average Bonchev–Trinajstić information content (AvgIpc) is 3.83. The highest BCUT2D eigenvalue weighted by atomic mass is 16.3. The van der Waals surface area contributed by atoms with Crippen molar-refractivity contribution in [3.63, 3.8) is 0 Å². The van der Waals surface area contributed by atoms with Gasteiger partial charge in [0.25, 0.3) is 0 Å². The molecule has 2 aliphatic rings. The van der Waals surface area contributed by atoms with Crippen LogP contribution in [0.2, 0.25) is 0 Å². The zero-order chi connectivity index (χ0) is 37.2. The van der Waals surface area contributed by atoms with Gasteiger partial charge in [0.1, 0.15) is 16.7 Å². The Balaban J connectivity index is 1.12. The van der Waals surface area contributed by atoms with Gasteiger partial charge in [0.15, 0.2) is 5.58 Å². The van der Waals surface area contributed by atoms with E-state index >= 15 is 0 Å². The van der Waals surface area contributed by atoms with Crippen LogP contribution in [0.5, 0.6) is 0 Å². The Kier molecular flexibility index (Phi) is 7.94. The number of anilines is 2. The third kappa shape index (κ3) is 5.33. The van der Waals surface area contributed by atoms with Gasteiger partial charge in [-0.15, -0.1) is 0 Å². The first-order chi connectivity index (χ1) is 27.7. The first-order valence-corrected chi connectivity index (χ1v) is 20.3. The summed E-state index contributed by atoms with van der Waals surface area (Å²) in [5.74, 6) is 0.716. The second-order valence-corrected chi connectivity index (χ2v) is 15.8. The molecule has 0 amide bonds. The fraction of sp³-hybridized carbons (Fsp3) is 0.170. The molecule has 9 aromatic rings. The standard InChI is InChI=1S/C53H43NO2/c1-34-38(37-31-32-51-45(33-37)42-21-7-9-29-49(42)55-51)22-13-27-46(34)54(48-28-14-25-44-41-20-6-10-30-50(41)56-53(44)48)47-26-8-5-19-40(47)43-24-12-18-36-17-11-23-39(52(36)43)35-15-3-2-4-16-35/h5-14,17-35,46H,2-4,15-16H2,1H3. The Morgan fingerprint density at radius 3 is 2.07 bits per heavy atom. The van der Waals surface area contributed by atoms with Crippen LogP contribution in [0.15, 0.2) is 173 Å². The van der Waals surface area contributed by atoms with Gasteiger partial charge in [-0.2, -0.15) is 0 Å².